The molecule has 10 heteroatoms. The van der Waals surface area contributed by atoms with Crippen molar-refractivity contribution in [2.24, 2.45) is 0 Å². The Morgan fingerprint density at radius 2 is 1.45 bits per heavy atom. The first-order valence-corrected chi connectivity index (χ1v) is 17.8. The molecule has 230 valence electrons. The van der Waals surface area contributed by atoms with E-state index in [2.05, 4.69) is 4.72 Å². The number of hydrogen-bond donors (Lipinski definition) is 1. The second-order valence-electron chi connectivity index (χ2n) is 13.1. The van der Waals surface area contributed by atoms with Gasteiger partial charge in [-0.3, -0.25) is 0 Å². The Morgan fingerprint density at radius 1 is 0.833 bits per heavy atom. The van der Waals surface area contributed by atoms with E-state index in [9.17, 15) is 13.0 Å². The van der Waals surface area contributed by atoms with Gasteiger partial charge in [0.25, 0.3) is 8.32 Å². The number of rotatable bonds is 10. The lowest BCUT2D eigenvalue weighted by atomic mass is 9.78. The first-order chi connectivity index (χ1) is 19.1. The molecule has 0 heterocycles. The van der Waals surface area contributed by atoms with Gasteiger partial charge in [-0.15, -0.1) is 0 Å². The van der Waals surface area contributed by atoms with Gasteiger partial charge < -0.3 is 9.16 Å². The minimum Gasteiger partial charge on any atom is -0.542 e. The summed E-state index contributed by atoms with van der Waals surface area (Å²) >= 11 is 0. The number of hydrogen-bond acceptors (Lipinski definition) is 3. The highest BCUT2D eigenvalue weighted by Crippen LogP contribution is 2.41. The summed E-state index contributed by atoms with van der Waals surface area (Å²) in [6.07, 6.45) is -3.49. The van der Waals surface area contributed by atoms with E-state index in [0.717, 1.165) is 17.7 Å². The lowest BCUT2D eigenvalue weighted by Crippen LogP contribution is -2.50. The second-order valence-corrected chi connectivity index (χ2v) is 19.8. The Labute approximate surface area is 250 Å². The third kappa shape index (κ3) is 8.23. The van der Waals surface area contributed by atoms with Crippen LogP contribution < -0.4 is 13.9 Å². The molecule has 2 atom stereocenters. The van der Waals surface area contributed by atoms with E-state index in [1.54, 1.807) is 26.8 Å². The SMILES string of the molecule is CC(F)(F)Oc1cc(F)cc([C@](Cc2ccccc2)(N[S@](=O)C(C)(C)C)c2ccc(O[Si](C)(C)C(C)(C)C)c(F)c2)c1. The van der Waals surface area contributed by atoms with Crippen LogP contribution in [0.4, 0.5) is 17.6 Å². The van der Waals surface area contributed by atoms with Crippen LogP contribution in [-0.4, -0.2) is 23.4 Å². The van der Waals surface area contributed by atoms with Crippen LogP contribution in [0, 0.1) is 11.6 Å². The largest absolute Gasteiger partial charge is 0.542 e. The number of nitrogens with one attached hydrogen (secondary N) is 1. The maximum Gasteiger partial charge on any atom is 0.394 e. The van der Waals surface area contributed by atoms with Crippen molar-refractivity contribution in [3.05, 3.63) is 95.1 Å². The van der Waals surface area contributed by atoms with Crippen molar-refractivity contribution in [3.8, 4) is 11.5 Å². The summed E-state index contributed by atoms with van der Waals surface area (Å²) in [4.78, 5) is 0. The van der Waals surface area contributed by atoms with Crippen molar-refractivity contribution in [2.75, 3.05) is 0 Å². The van der Waals surface area contributed by atoms with Crippen LogP contribution in [0.2, 0.25) is 18.1 Å². The molecule has 3 rings (SSSR count). The fourth-order valence-electron chi connectivity index (χ4n) is 4.09. The van der Waals surface area contributed by atoms with E-state index in [-0.39, 0.29) is 22.8 Å². The Kier molecular flexibility index (Phi) is 9.76. The third-order valence-corrected chi connectivity index (χ3v) is 13.4. The molecule has 0 aromatic heterocycles. The summed E-state index contributed by atoms with van der Waals surface area (Å²) in [7, 11) is -4.16. The lowest BCUT2D eigenvalue weighted by Gasteiger charge is -2.39. The molecule has 3 aromatic rings. The summed E-state index contributed by atoms with van der Waals surface area (Å²) in [5, 5.41) is -0.181. The normalized spacial score (nSPS) is 15.2. The maximum atomic E-state index is 15.9. The first kappa shape index (κ1) is 33.8. The maximum absolute atomic E-state index is 15.9. The molecule has 0 fully saturated rings. The molecule has 0 unspecified atom stereocenters. The van der Waals surface area contributed by atoms with Crippen molar-refractivity contribution in [1.82, 2.24) is 4.72 Å². The summed E-state index contributed by atoms with van der Waals surface area (Å²) in [5.41, 5.74) is -0.325. The van der Waals surface area contributed by atoms with Gasteiger partial charge in [0.05, 0.1) is 21.3 Å². The van der Waals surface area contributed by atoms with Gasteiger partial charge in [-0.2, -0.15) is 8.78 Å². The van der Waals surface area contributed by atoms with Crippen molar-refractivity contribution < 1.29 is 30.9 Å². The van der Waals surface area contributed by atoms with Crippen LogP contribution in [0.15, 0.2) is 66.7 Å². The highest BCUT2D eigenvalue weighted by Gasteiger charge is 2.42. The van der Waals surface area contributed by atoms with Crippen LogP contribution >= 0.6 is 0 Å². The van der Waals surface area contributed by atoms with E-state index >= 15 is 8.78 Å². The fourth-order valence-corrected chi connectivity index (χ4v) is 6.04. The van der Waals surface area contributed by atoms with Gasteiger partial charge in [-0.25, -0.2) is 17.7 Å². The van der Waals surface area contributed by atoms with Crippen molar-refractivity contribution in [2.45, 2.75) is 89.4 Å². The van der Waals surface area contributed by atoms with Crippen molar-refractivity contribution >= 4 is 19.3 Å². The molecule has 0 aliphatic rings. The second kappa shape index (κ2) is 12.1. The van der Waals surface area contributed by atoms with Gasteiger partial charge in [0.15, 0.2) is 5.82 Å². The Bertz CT molecular complexity index is 1420. The molecule has 0 aliphatic heterocycles. The topological polar surface area (TPSA) is 47.6 Å². The highest BCUT2D eigenvalue weighted by atomic mass is 32.2. The number of halogens is 4. The van der Waals surface area contributed by atoms with Crippen LogP contribution in [0.25, 0.3) is 0 Å². The minimum atomic E-state index is -3.58. The summed E-state index contributed by atoms with van der Waals surface area (Å²) < 4.78 is 85.7. The summed E-state index contributed by atoms with van der Waals surface area (Å²) in [5.74, 6) is -1.83. The zero-order valence-corrected chi connectivity index (χ0v) is 27.5. The number of ether oxygens (including phenoxy) is 1. The predicted molar refractivity (Wildman–Crippen MR) is 164 cm³/mol. The van der Waals surface area contributed by atoms with E-state index in [4.69, 9.17) is 9.16 Å². The van der Waals surface area contributed by atoms with E-state index in [1.165, 1.54) is 18.2 Å². The molecule has 42 heavy (non-hydrogen) atoms. The molecule has 0 saturated heterocycles. The smallest absolute Gasteiger partial charge is 0.394 e. The van der Waals surface area contributed by atoms with Crippen LogP contribution in [-0.2, 0) is 22.9 Å². The van der Waals surface area contributed by atoms with Crippen LogP contribution in [0.5, 0.6) is 11.5 Å². The summed E-state index contributed by atoms with van der Waals surface area (Å²) in [6.45, 7) is 16.0. The third-order valence-electron chi connectivity index (χ3n) is 7.39. The Hall–Kier alpha value is -2.69. The molecule has 4 nitrogen and oxygen atoms in total. The molecule has 0 saturated carbocycles. The quantitative estimate of drug-likeness (QED) is 0.181. The van der Waals surface area contributed by atoms with Gasteiger partial charge in [0, 0.05) is 13.0 Å². The molecular formula is C32H41F4NO3SSi. The average Bonchev–Trinajstić information content (AvgIpc) is 2.82. The average molecular weight is 624 g/mol. The molecule has 0 radical (unpaired) electrons. The van der Waals surface area contributed by atoms with E-state index in [1.807, 2.05) is 64.2 Å². The monoisotopic (exact) mass is 623 g/mol. The summed E-state index contributed by atoms with van der Waals surface area (Å²) in [6, 6.07) is 16.8. The molecule has 0 aliphatic carbocycles. The zero-order chi connectivity index (χ0) is 31.7. The number of benzene rings is 3. The van der Waals surface area contributed by atoms with Crippen molar-refractivity contribution in [3.63, 3.8) is 0 Å². The van der Waals surface area contributed by atoms with Gasteiger partial charge in [0.1, 0.15) is 17.3 Å². The molecule has 0 bridgehead atoms. The lowest BCUT2D eigenvalue weighted by molar-refractivity contribution is -0.159. The van der Waals surface area contributed by atoms with Crippen LogP contribution in [0.3, 0.4) is 0 Å². The fraction of sp³-hybridized carbons (Fsp3) is 0.438. The Morgan fingerprint density at radius 3 is 1.98 bits per heavy atom. The zero-order valence-electron chi connectivity index (χ0n) is 25.7. The van der Waals surface area contributed by atoms with Gasteiger partial charge in [0.2, 0.25) is 0 Å². The molecule has 0 amide bonds. The van der Waals surface area contributed by atoms with Gasteiger partial charge in [-0.1, -0.05) is 57.2 Å². The molecule has 1 N–H and O–H groups in total. The standard InChI is InChI=1S/C32H41F4NO3SSi/c1-29(2,3)41(38)37-32(21-22-13-11-10-12-14-22,24-17-25(33)20-26(18-24)39-31(7,35)36)23-15-16-28(27(34)19-23)40-42(8,9)30(4,5)6/h10-20,37H,21H2,1-9H3/t32-,41-/m1/s1. The van der Waals surface area contributed by atoms with E-state index in [0.29, 0.717) is 12.5 Å². The van der Waals surface area contributed by atoms with Gasteiger partial charge in [-0.05, 0) is 86.3 Å². The minimum absolute atomic E-state index is 0.0739. The van der Waals surface area contributed by atoms with Crippen molar-refractivity contribution in [1.29, 1.82) is 0 Å². The number of alkyl halides is 2. The first-order valence-electron chi connectivity index (χ1n) is 13.7. The van der Waals surface area contributed by atoms with Gasteiger partial charge >= 0.3 is 6.11 Å². The molecule has 0 spiro atoms. The van der Waals surface area contributed by atoms with Crippen LogP contribution in [0.1, 0.15) is 65.2 Å². The van der Waals surface area contributed by atoms with E-state index < -0.39 is 53.1 Å². The Balaban J connectivity index is 2.32. The molecular weight excluding hydrogens is 583 g/mol. The molecule has 3 aromatic carbocycles. The highest BCUT2D eigenvalue weighted by molar-refractivity contribution is 7.84. The predicted octanol–water partition coefficient (Wildman–Crippen LogP) is 8.88.